The van der Waals surface area contributed by atoms with Gasteiger partial charge in [-0.3, -0.25) is 9.48 Å². The fourth-order valence-corrected chi connectivity index (χ4v) is 5.87. The number of ether oxygens (including phenoxy) is 4. The number of fused-ring (bicyclic) bond motifs is 1. The lowest BCUT2D eigenvalue weighted by Crippen LogP contribution is -2.40. The van der Waals surface area contributed by atoms with Gasteiger partial charge in [-0.15, -0.1) is 0 Å². The van der Waals surface area contributed by atoms with Crippen LogP contribution in [0.5, 0.6) is 17.2 Å². The molecule has 0 fully saturated rings. The van der Waals surface area contributed by atoms with Gasteiger partial charge in [-0.25, -0.2) is 9.78 Å². The van der Waals surface area contributed by atoms with E-state index in [9.17, 15) is 9.59 Å². The first-order valence-electron chi connectivity index (χ1n) is 17.0. The minimum atomic E-state index is -0.623. The number of carbonyl (C=O) groups is 2. The molecule has 266 valence electrons. The molecule has 2 heterocycles. The van der Waals surface area contributed by atoms with Crippen molar-refractivity contribution in [2.24, 2.45) is 0 Å². The third-order valence-corrected chi connectivity index (χ3v) is 8.23. The summed E-state index contributed by atoms with van der Waals surface area (Å²) in [6.07, 6.45) is 4.18. The fourth-order valence-electron chi connectivity index (χ4n) is 5.87. The van der Waals surface area contributed by atoms with Crippen molar-refractivity contribution in [3.8, 4) is 28.4 Å². The molecule has 10 nitrogen and oxygen atoms in total. The summed E-state index contributed by atoms with van der Waals surface area (Å²) >= 11 is 0. The molecule has 6 aromatic rings. The van der Waals surface area contributed by atoms with Gasteiger partial charge < -0.3 is 24.3 Å². The zero-order chi connectivity index (χ0) is 36.7. The summed E-state index contributed by atoms with van der Waals surface area (Å²) in [5, 5.41) is 7.93. The maximum absolute atomic E-state index is 13.9. The second-order valence-corrected chi connectivity index (χ2v) is 13.4. The number of aromatic nitrogens is 3. The molecule has 4 aromatic carbocycles. The van der Waals surface area contributed by atoms with Crippen LogP contribution in [0.1, 0.15) is 52.7 Å². The third kappa shape index (κ3) is 9.21. The van der Waals surface area contributed by atoms with Crippen LogP contribution in [0.2, 0.25) is 0 Å². The van der Waals surface area contributed by atoms with Crippen molar-refractivity contribution in [3.05, 3.63) is 138 Å². The Hall–Kier alpha value is -6.00. The van der Waals surface area contributed by atoms with Gasteiger partial charge >= 0.3 is 5.97 Å². The highest BCUT2D eigenvalue weighted by atomic mass is 16.5. The minimum Gasteiger partial charge on any atom is -0.497 e. The van der Waals surface area contributed by atoms with E-state index in [4.69, 9.17) is 23.9 Å². The van der Waals surface area contributed by atoms with E-state index in [1.165, 1.54) is 6.07 Å². The lowest BCUT2D eigenvalue weighted by molar-refractivity contribution is 0.0736. The van der Waals surface area contributed by atoms with Crippen LogP contribution in [0.25, 0.3) is 22.0 Å². The maximum atomic E-state index is 13.9. The van der Waals surface area contributed by atoms with Gasteiger partial charge in [0.15, 0.2) is 0 Å². The standard InChI is InChI=1S/C42H42N4O6/c1-42(2,3)52-35-13-10-28(11-14-35)23-32(27-49-4)44-40(47)39-25-37(41(48)51-34-17-15-33(50-5)16-18-34)36-24-31(12-19-38(36)45-39)30-9-6-8-29(22-30)26-46-21-7-20-43-46/h6-22,24-25,32H,23,26-27H2,1-5H3,(H,44,47)/t32-/m0/s1. The van der Waals surface area contributed by atoms with Gasteiger partial charge in [-0.05, 0) is 116 Å². The van der Waals surface area contributed by atoms with Crippen molar-refractivity contribution < 1.29 is 28.5 Å². The molecule has 0 spiro atoms. The lowest BCUT2D eigenvalue weighted by Gasteiger charge is -2.22. The summed E-state index contributed by atoms with van der Waals surface area (Å²) in [4.78, 5) is 32.4. The van der Waals surface area contributed by atoms with Crippen molar-refractivity contribution in [1.29, 1.82) is 0 Å². The molecule has 6 rings (SSSR count). The molecule has 0 bridgehead atoms. The van der Waals surface area contributed by atoms with Crippen LogP contribution >= 0.6 is 0 Å². The first kappa shape index (κ1) is 35.8. The number of rotatable bonds is 13. The van der Waals surface area contributed by atoms with Crippen molar-refractivity contribution >= 4 is 22.8 Å². The zero-order valence-corrected chi connectivity index (χ0v) is 30.0. The minimum absolute atomic E-state index is 0.0816. The summed E-state index contributed by atoms with van der Waals surface area (Å²) in [6.45, 7) is 6.89. The predicted octanol–water partition coefficient (Wildman–Crippen LogP) is 7.54. The molecular weight excluding hydrogens is 656 g/mol. The van der Waals surface area contributed by atoms with E-state index in [0.29, 0.717) is 35.4 Å². The van der Waals surface area contributed by atoms with E-state index >= 15 is 0 Å². The smallest absolute Gasteiger partial charge is 0.344 e. The van der Waals surface area contributed by atoms with E-state index in [0.717, 1.165) is 28.0 Å². The largest absolute Gasteiger partial charge is 0.497 e. The molecule has 1 atom stereocenters. The molecule has 0 saturated carbocycles. The molecule has 0 aliphatic carbocycles. The highest BCUT2D eigenvalue weighted by Crippen LogP contribution is 2.29. The maximum Gasteiger partial charge on any atom is 0.344 e. The summed E-state index contributed by atoms with van der Waals surface area (Å²) in [5.74, 6) is 0.673. The predicted molar refractivity (Wildman–Crippen MR) is 200 cm³/mol. The highest BCUT2D eigenvalue weighted by Gasteiger charge is 2.22. The number of nitrogens with zero attached hydrogens (tertiary/aromatic N) is 3. The summed E-state index contributed by atoms with van der Waals surface area (Å²) in [7, 11) is 3.16. The van der Waals surface area contributed by atoms with Gasteiger partial charge in [0.2, 0.25) is 0 Å². The van der Waals surface area contributed by atoms with E-state index in [2.05, 4.69) is 16.5 Å². The van der Waals surface area contributed by atoms with E-state index in [1.807, 2.05) is 98.4 Å². The second-order valence-electron chi connectivity index (χ2n) is 13.4. The average molecular weight is 699 g/mol. The van der Waals surface area contributed by atoms with Gasteiger partial charge in [0.05, 0.1) is 37.4 Å². The number of methoxy groups -OCH3 is 2. The Morgan fingerprint density at radius 1 is 0.808 bits per heavy atom. The highest BCUT2D eigenvalue weighted by molar-refractivity contribution is 6.08. The average Bonchev–Trinajstić information content (AvgIpc) is 3.64. The number of pyridine rings is 1. The molecule has 0 saturated heterocycles. The van der Waals surface area contributed by atoms with Crippen LogP contribution in [-0.4, -0.2) is 59.1 Å². The van der Waals surface area contributed by atoms with Gasteiger partial charge in [0.1, 0.15) is 28.5 Å². The van der Waals surface area contributed by atoms with Crippen LogP contribution in [0.15, 0.2) is 116 Å². The summed E-state index contributed by atoms with van der Waals surface area (Å²) in [5.41, 5.74) is 4.37. The molecule has 0 aliphatic rings. The van der Waals surface area contributed by atoms with E-state index < -0.39 is 11.9 Å². The normalized spacial score (nSPS) is 11.9. The Balaban J connectivity index is 1.30. The molecule has 0 aliphatic heterocycles. The summed E-state index contributed by atoms with van der Waals surface area (Å²) in [6, 6.07) is 31.3. The number of benzene rings is 4. The molecule has 52 heavy (non-hydrogen) atoms. The third-order valence-electron chi connectivity index (χ3n) is 8.23. The Kier molecular flexibility index (Phi) is 11.0. The number of carbonyl (C=O) groups excluding carboxylic acids is 2. The molecular formula is C42H42N4O6. The fraction of sp³-hybridized carbons (Fsp3) is 0.238. The quantitative estimate of drug-likeness (QED) is 0.0973. The van der Waals surface area contributed by atoms with Crippen molar-refractivity contribution in [3.63, 3.8) is 0 Å². The van der Waals surface area contributed by atoms with Crippen LogP contribution in [0.3, 0.4) is 0 Å². The van der Waals surface area contributed by atoms with Gasteiger partial charge in [0, 0.05) is 24.9 Å². The second kappa shape index (κ2) is 15.9. The first-order chi connectivity index (χ1) is 25.1. The van der Waals surface area contributed by atoms with Gasteiger partial charge in [-0.1, -0.05) is 36.4 Å². The molecule has 2 aromatic heterocycles. The molecule has 10 heteroatoms. The Labute approximate surface area is 303 Å². The number of hydrogen-bond acceptors (Lipinski definition) is 8. The first-order valence-corrected chi connectivity index (χ1v) is 17.0. The van der Waals surface area contributed by atoms with E-state index in [-0.39, 0.29) is 29.5 Å². The van der Waals surface area contributed by atoms with Crippen LogP contribution in [0, 0.1) is 0 Å². The zero-order valence-electron chi connectivity index (χ0n) is 30.0. The Morgan fingerprint density at radius 2 is 1.54 bits per heavy atom. The Bertz CT molecular complexity index is 2140. The molecule has 0 unspecified atom stereocenters. The van der Waals surface area contributed by atoms with Crippen LogP contribution < -0.4 is 19.5 Å². The lowest BCUT2D eigenvalue weighted by atomic mass is 9.98. The van der Waals surface area contributed by atoms with E-state index in [1.54, 1.807) is 44.7 Å². The summed E-state index contributed by atoms with van der Waals surface area (Å²) < 4.78 is 24.3. The van der Waals surface area contributed by atoms with Crippen LogP contribution in [0.4, 0.5) is 0 Å². The van der Waals surface area contributed by atoms with Crippen molar-refractivity contribution in [1.82, 2.24) is 20.1 Å². The number of amides is 1. The van der Waals surface area contributed by atoms with Crippen LogP contribution in [-0.2, 0) is 17.7 Å². The topological polar surface area (TPSA) is 114 Å². The van der Waals surface area contributed by atoms with Crippen molar-refractivity contribution in [2.75, 3.05) is 20.8 Å². The monoisotopic (exact) mass is 698 g/mol. The van der Waals surface area contributed by atoms with Gasteiger partial charge in [0.25, 0.3) is 5.91 Å². The molecule has 1 amide bonds. The molecule has 0 radical (unpaired) electrons. The number of nitrogens with one attached hydrogen (secondary N) is 1. The number of hydrogen-bond donors (Lipinski definition) is 1. The van der Waals surface area contributed by atoms with Crippen molar-refractivity contribution in [2.45, 2.75) is 45.4 Å². The van der Waals surface area contributed by atoms with Gasteiger partial charge in [-0.2, -0.15) is 5.10 Å². The molecule has 1 N–H and O–H groups in total. The number of esters is 1. The Morgan fingerprint density at radius 3 is 2.23 bits per heavy atom. The SMILES string of the molecule is COC[C@H](Cc1ccc(OC(C)(C)C)cc1)NC(=O)c1cc(C(=O)Oc2ccc(OC)cc2)c2cc(-c3cccc(Cn4cccn4)c3)ccc2n1.